The Morgan fingerprint density at radius 1 is 1.03 bits per heavy atom. The van der Waals surface area contributed by atoms with E-state index in [-0.39, 0.29) is 41.3 Å². The number of likely N-dealkylation sites (tertiary alicyclic amines) is 1. The Morgan fingerprint density at radius 2 is 1.66 bits per heavy atom. The first-order valence-electron chi connectivity index (χ1n) is 10.3. The minimum Gasteiger partial charge on any atom is -0.349 e. The standard InChI is InChI=1S/C22H29N3O4/c1-13(2)11-19(26)24-9-7-16(8-10-24)23-20(27)15-5-6-17-18(12-15)22(29)25(14(3)4)21(17)28/h5-6,12-14,16H,7-11H2,1-4H3,(H,23,27). The first-order chi connectivity index (χ1) is 13.7. The highest BCUT2D eigenvalue weighted by Gasteiger charge is 2.37. The third-order valence-electron chi connectivity index (χ3n) is 5.46. The number of hydrogen-bond acceptors (Lipinski definition) is 4. The smallest absolute Gasteiger partial charge is 0.261 e. The maximum atomic E-state index is 12.7. The van der Waals surface area contributed by atoms with Gasteiger partial charge in [0.25, 0.3) is 17.7 Å². The molecule has 1 saturated heterocycles. The SMILES string of the molecule is CC(C)CC(=O)N1CCC(NC(=O)c2ccc3c(c2)C(=O)N(C(C)C)C3=O)CC1. The molecule has 0 aromatic heterocycles. The lowest BCUT2D eigenvalue weighted by Crippen LogP contribution is -2.46. The van der Waals surface area contributed by atoms with Crippen LogP contribution in [0.4, 0.5) is 0 Å². The number of carbonyl (C=O) groups is 4. The van der Waals surface area contributed by atoms with Gasteiger partial charge in [-0.1, -0.05) is 13.8 Å². The maximum Gasteiger partial charge on any atom is 0.261 e. The van der Waals surface area contributed by atoms with Crippen molar-refractivity contribution >= 4 is 23.6 Å². The van der Waals surface area contributed by atoms with E-state index in [1.54, 1.807) is 26.0 Å². The zero-order chi connectivity index (χ0) is 21.3. The van der Waals surface area contributed by atoms with Crippen molar-refractivity contribution in [1.82, 2.24) is 15.1 Å². The van der Waals surface area contributed by atoms with Crippen molar-refractivity contribution in [2.24, 2.45) is 5.92 Å². The first kappa shape index (κ1) is 21.0. The van der Waals surface area contributed by atoms with Crippen molar-refractivity contribution < 1.29 is 19.2 Å². The van der Waals surface area contributed by atoms with Crippen molar-refractivity contribution in [3.63, 3.8) is 0 Å². The van der Waals surface area contributed by atoms with Crippen LogP contribution < -0.4 is 5.32 Å². The van der Waals surface area contributed by atoms with Gasteiger partial charge in [0.05, 0.1) is 11.1 Å². The molecule has 0 spiro atoms. The Kier molecular flexibility index (Phi) is 6.05. The van der Waals surface area contributed by atoms with Crippen molar-refractivity contribution in [1.29, 1.82) is 0 Å². The predicted molar refractivity (Wildman–Crippen MR) is 109 cm³/mol. The zero-order valence-corrected chi connectivity index (χ0v) is 17.5. The summed E-state index contributed by atoms with van der Waals surface area (Å²) in [5, 5.41) is 3.00. The number of piperidine rings is 1. The number of imide groups is 1. The summed E-state index contributed by atoms with van der Waals surface area (Å²) in [5.41, 5.74) is 0.997. The molecular formula is C22H29N3O4. The summed E-state index contributed by atoms with van der Waals surface area (Å²) in [6, 6.07) is 4.41. The lowest BCUT2D eigenvalue weighted by atomic mass is 10.0. The van der Waals surface area contributed by atoms with E-state index in [0.29, 0.717) is 49.4 Å². The molecular weight excluding hydrogens is 370 g/mol. The molecule has 29 heavy (non-hydrogen) atoms. The molecule has 0 aliphatic carbocycles. The van der Waals surface area contributed by atoms with Crippen LogP contribution in [0, 0.1) is 5.92 Å². The van der Waals surface area contributed by atoms with Crippen molar-refractivity contribution in [2.45, 2.75) is 59.0 Å². The van der Waals surface area contributed by atoms with E-state index in [9.17, 15) is 19.2 Å². The van der Waals surface area contributed by atoms with E-state index in [2.05, 4.69) is 5.32 Å². The highest BCUT2D eigenvalue weighted by molar-refractivity contribution is 6.22. The van der Waals surface area contributed by atoms with Crippen LogP contribution in [-0.2, 0) is 4.79 Å². The highest BCUT2D eigenvalue weighted by Crippen LogP contribution is 2.26. The second-order valence-corrected chi connectivity index (χ2v) is 8.56. The van der Waals surface area contributed by atoms with Crippen LogP contribution in [0.15, 0.2) is 18.2 Å². The first-order valence-corrected chi connectivity index (χ1v) is 10.3. The minimum atomic E-state index is -0.355. The van der Waals surface area contributed by atoms with Crippen molar-refractivity contribution in [2.75, 3.05) is 13.1 Å². The molecule has 4 amide bonds. The lowest BCUT2D eigenvalue weighted by molar-refractivity contribution is -0.133. The fourth-order valence-electron chi connectivity index (χ4n) is 3.89. The molecule has 7 nitrogen and oxygen atoms in total. The number of carbonyl (C=O) groups excluding carboxylic acids is 4. The molecule has 1 aromatic rings. The van der Waals surface area contributed by atoms with E-state index in [4.69, 9.17) is 0 Å². The molecule has 0 radical (unpaired) electrons. The number of nitrogens with zero attached hydrogens (tertiary/aromatic N) is 2. The summed E-state index contributed by atoms with van der Waals surface area (Å²) in [6.45, 7) is 8.90. The molecule has 7 heteroatoms. The van der Waals surface area contributed by atoms with E-state index in [1.165, 1.54) is 11.0 Å². The molecule has 1 N–H and O–H groups in total. The molecule has 156 valence electrons. The van der Waals surface area contributed by atoms with Crippen LogP contribution in [-0.4, -0.2) is 58.6 Å². The summed E-state index contributed by atoms with van der Waals surface area (Å²) in [6.07, 6.45) is 1.96. The third kappa shape index (κ3) is 4.33. The van der Waals surface area contributed by atoms with Crippen LogP contribution in [0.1, 0.15) is 78.0 Å². The van der Waals surface area contributed by atoms with Crippen molar-refractivity contribution in [3.8, 4) is 0 Å². The van der Waals surface area contributed by atoms with Gasteiger partial charge in [0.2, 0.25) is 5.91 Å². The van der Waals surface area contributed by atoms with Gasteiger partial charge in [-0.15, -0.1) is 0 Å². The highest BCUT2D eigenvalue weighted by atomic mass is 16.2. The monoisotopic (exact) mass is 399 g/mol. The Hall–Kier alpha value is -2.70. The van der Waals surface area contributed by atoms with Gasteiger partial charge in [0.15, 0.2) is 0 Å². The van der Waals surface area contributed by atoms with Gasteiger partial charge >= 0.3 is 0 Å². The molecule has 1 aromatic carbocycles. The van der Waals surface area contributed by atoms with Crippen molar-refractivity contribution in [3.05, 3.63) is 34.9 Å². The molecule has 2 aliphatic rings. The molecule has 3 rings (SSSR count). The Bertz CT molecular complexity index is 838. The third-order valence-corrected chi connectivity index (χ3v) is 5.46. The van der Waals surface area contributed by atoms with Crippen LogP contribution in [0.3, 0.4) is 0 Å². The number of nitrogens with one attached hydrogen (secondary N) is 1. The largest absolute Gasteiger partial charge is 0.349 e. The molecule has 0 atom stereocenters. The van der Waals surface area contributed by atoms with E-state index in [0.717, 1.165) is 0 Å². The maximum absolute atomic E-state index is 12.7. The van der Waals surface area contributed by atoms with Crippen LogP contribution in [0.25, 0.3) is 0 Å². The quantitative estimate of drug-likeness (QED) is 0.771. The minimum absolute atomic E-state index is 0.0108. The molecule has 0 bridgehead atoms. The summed E-state index contributed by atoms with van der Waals surface area (Å²) in [5.74, 6) is -0.428. The normalized spacial score (nSPS) is 17.3. The summed E-state index contributed by atoms with van der Waals surface area (Å²) in [7, 11) is 0. The van der Waals surface area contributed by atoms with Crippen LogP contribution in [0.5, 0.6) is 0 Å². The average Bonchev–Trinajstić information content (AvgIpc) is 2.92. The average molecular weight is 399 g/mol. The predicted octanol–water partition coefficient (Wildman–Crippen LogP) is 2.46. The van der Waals surface area contributed by atoms with E-state index in [1.807, 2.05) is 18.7 Å². The Labute approximate surface area is 171 Å². The van der Waals surface area contributed by atoms with Gasteiger partial charge in [-0.05, 0) is 50.8 Å². The van der Waals surface area contributed by atoms with Crippen LogP contribution >= 0.6 is 0 Å². The lowest BCUT2D eigenvalue weighted by Gasteiger charge is -2.32. The molecule has 0 saturated carbocycles. The van der Waals surface area contributed by atoms with Gasteiger partial charge in [0.1, 0.15) is 0 Å². The number of amides is 4. The van der Waals surface area contributed by atoms with Gasteiger partial charge in [-0.25, -0.2) is 0 Å². The Morgan fingerprint density at radius 3 is 2.24 bits per heavy atom. The number of rotatable bonds is 5. The Balaban J connectivity index is 1.61. The van der Waals surface area contributed by atoms with Gasteiger partial charge in [-0.2, -0.15) is 0 Å². The van der Waals surface area contributed by atoms with Gasteiger partial charge < -0.3 is 10.2 Å². The second-order valence-electron chi connectivity index (χ2n) is 8.56. The summed E-state index contributed by atoms with van der Waals surface area (Å²) < 4.78 is 0. The van der Waals surface area contributed by atoms with E-state index < -0.39 is 0 Å². The number of hydrogen-bond donors (Lipinski definition) is 1. The van der Waals surface area contributed by atoms with Gasteiger partial charge in [-0.3, -0.25) is 24.1 Å². The zero-order valence-electron chi connectivity index (χ0n) is 17.5. The van der Waals surface area contributed by atoms with Crippen LogP contribution in [0.2, 0.25) is 0 Å². The molecule has 0 unspecified atom stereocenters. The summed E-state index contributed by atoms with van der Waals surface area (Å²) >= 11 is 0. The fraction of sp³-hybridized carbons (Fsp3) is 0.545. The fourth-order valence-corrected chi connectivity index (χ4v) is 3.89. The topological polar surface area (TPSA) is 86.8 Å². The van der Waals surface area contributed by atoms with E-state index >= 15 is 0 Å². The second kappa shape index (κ2) is 8.35. The summed E-state index contributed by atoms with van der Waals surface area (Å²) in [4.78, 5) is 52.8. The molecule has 2 aliphatic heterocycles. The number of fused-ring (bicyclic) bond motifs is 1. The molecule has 2 heterocycles. The molecule has 1 fully saturated rings. The van der Waals surface area contributed by atoms with Gasteiger partial charge in [0, 0.05) is 37.2 Å². The number of benzene rings is 1.